The molecule has 0 atom stereocenters. The molecule has 0 fully saturated rings. The molecule has 6 heteroatoms. The number of ether oxygens (including phenoxy) is 1. The molecular formula is C13H13NO4S. The lowest BCUT2D eigenvalue weighted by Gasteiger charge is -2.08. The van der Waals surface area contributed by atoms with E-state index in [-0.39, 0.29) is 17.4 Å². The summed E-state index contributed by atoms with van der Waals surface area (Å²) in [4.78, 5) is 3.98. The first kappa shape index (κ1) is 13.5. The third kappa shape index (κ3) is 3.30. The van der Waals surface area contributed by atoms with Crippen LogP contribution in [0.3, 0.4) is 0 Å². The van der Waals surface area contributed by atoms with Crippen LogP contribution in [0.2, 0.25) is 0 Å². The molecule has 19 heavy (non-hydrogen) atoms. The van der Waals surface area contributed by atoms with Gasteiger partial charge in [0.1, 0.15) is 10.6 Å². The number of rotatable bonds is 4. The molecule has 1 N–H and O–H groups in total. The van der Waals surface area contributed by atoms with E-state index in [1.165, 1.54) is 18.3 Å². The van der Waals surface area contributed by atoms with Crippen LogP contribution in [-0.4, -0.2) is 24.8 Å². The largest absolute Gasteiger partial charge is 0.438 e. The predicted octanol–water partition coefficient (Wildman–Crippen LogP) is 1.77. The van der Waals surface area contributed by atoms with Crippen molar-refractivity contribution in [1.29, 1.82) is 0 Å². The van der Waals surface area contributed by atoms with Crippen molar-refractivity contribution < 1.29 is 18.3 Å². The molecular weight excluding hydrogens is 266 g/mol. The summed E-state index contributed by atoms with van der Waals surface area (Å²) in [5, 5.41) is 8.94. The summed E-state index contributed by atoms with van der Waals surface area (Å²) in [5.41, 5.74) is 0.747. The lowest BCUT2D eigenvalue weighted by Crippen LogP contribution is -2.01. The highest BCUT2D eigenvalue weighted by Crippen LogP contribution is 2.26. The molecule has 0 radical (unpaired) electrons. The first-order valence-corrected chi connectivity index (χ1v) is 7.42. The molecule has 0 saturated carbocycles. The van der Waals surface area contributed by atoms with Gasteiger partial charge in [-0.15, -0.1) is 0 Å². The molecule has 5 nitrogen and oxygen atoms in total. The smallest absolute Gasteiger partial charge is 0.238 e. The van der Waals surface area contributed by atoms with Crippen molar-refractivity contribution in [2.75, 3.05) is 6.26 Å². The molecule has 0 bridgehead atoms. The highest BCUT2D eigenvalue weighted by Gasteiger charge is 2.15. The SMILES string of the molecule is CS(=O)(=O)c1cccnc1Oc1ccc(CO)cc1. The first-order valence-electron chi connectivity index (χ1n) is 5.53. The van der Waals surface area contributed by atoms with Gasteiger partial charge in [-0.1, -0.05) is 12.1 Å². The van der Waals surface area contributed by atoms with Crippen molar-refractivity contribution in [1.82, 2.24) is 4.98 Å². The zero-order chi connectivity index (χ0) is 13.9. The second kappa shape index (κ2) is 5.38. The lowest BCUT2D eigenvalue weighted by molar-refractivity contribution is 0.281. The number of hydrogen-bond acceptors (Lipinski definition) is 5. The van der Waals surface area contributed by atoms with Crippen molar-refractivity contribution >= 4 is 9.84 Å². The van der Waals surface area contributed by atoms with Gasteiger partial charge in [-0.2, -0.15) is 0 Å². The number of nitrogens with zero attached hydrogens (tertiary/aromatic N) is 1. The topological polar surface area (TPSA) is 76.5 Å². The van der Waals surface area contributed by atoms with Crippen LogP contribution in [0.25, 0.3) is 0 Å². The third-order valence-electron chi connectivity index (χ3n) is 2.46. The van der Waals surface area contributed by atoms with Gasteiger partial charge in [0.05, 0.1) is 6.61 Å². The molecule has 0 aliphatic heterocycles. The zero-order valence-corrected chi connectivity index (χ0v) is 11.1. The molecule has 2 aromatic rings. The number of aromatic nitrogens is 1. The summed E-state index contributed by atoms with van der Waals surface area (Å²) in [6.07, 6.45) is 2.57. The molecule has 1 aromatic heterocycles. The van der Waals surface area contributed by atoms with Crippen LogP contribution in [0.4, 0.5) is 0 Å². The van der Waals surface area contributed by atoms with E-state index >= 15 is 0 Å². The van der Waals surface area contributed by atoms with Gasteiger partial charge in [0.15, 0.2) is 9.84 Å². The molecule has 0 spiro atoms. The van der Waals surface area contributed by atoms with Crippen LogP contribution in [-0.2, 0) is 16.4 Å². The number of hydrogen-bond donors (Lipinski definition) is 1. The van der Waals surface area contributed by atoms with Crippen molar-refractivity contribution in [2.24, 2.45) is 0 Å². The van der Waals surface area contributed by atoms with E-state index < -0.39 is 9.84 Å². The summed E-state index contributed by atoms with van der Waals surface area (Å²) in [7, 11) is -3.39. The molecule has 0 saturated heterocycles. The number of pyridine rings is 1. The van der Waals surface area contributed by atoms with Crippen molar-refractivity contribution in [3.8, 4) is 11.6 Å². The molecule has 0 unspecified atom stereocenters. The number of aliphatic hydroxyl groups excluding tert-OH is 1. The molecule has 2 rings (SSSR count). The van der Waals surface area contributed by atoms with Crippen molar-refractivity contribution in [2.45, 2.75) is 11.5 Å². The van der Waals surface area contributed by atoms with Crippen LogP contribution in [0.15, 0.2) is 47.5 Å². The Morgan fingerprint density at radius 3 is 2.47 bits per heavy atom. The van der Waals surface area contributed by atoms with Crippen LogP contribution in [0, 0.1) is 0 Å². The van der Waals surface area contributed by atoms with Crippen LogP contribution in [0.1, 0.15) is 5.56 Å². The van der Waals surface area contributed by atoms with Gasteiger partial charge in [0, 0.05) is 12.5 Å². The summed E-state index contributed by atoms with van der Waals surface area (Å²) in [5.74, 6) is 0.502. The Morgan fingerprint density at radius 1 is 1.21 bits per heavy atom. The Kier molecular flexibility index (Phi) is 3.82. The monoisotopic (exact) mass is 279 g/mol. The Bertz CT molecular complexity index is 665. The fourth-order valence-corrected chi connectivity index (χ4v) is 2.25. The van der Waals surface area contributed by atoms with E-state index in [1.807, 2.05) is 0 Å². The van der Waals surface area contributed by atoms with Crippen LogP contribution >= 0.6 is 0 Å². The summed E-state index contributed by atoms with van der Waals surface area (Å²) in [6, 6.07) is 9.66. The van der Waals surface area contributed by atoms with Crippen LogP contribution < -0.4 is 4.74 Å². The quantitative estimate of drug-likeness (QED) is 0.923. The second-order valence-electron chi connectivity index (χ2n) is 3.98. The summed E-state index contributed by atoms with van der Waals surface area (Å²) < 4.78 is 28.6. The maximum Gasteiger partial charge on any atom is 0.238 e. The summed E-state index contributed by atoms with van der Waals surface area (Å²) in [6.45, 7) is -0.0571. The van der Waals surface area contributed by atoms with E-state index in [0.29, 0.717) is 5.75 Å². The lowest BCUT2D eigenvalue weighted by atomic mass is 10.2. The minimum Gasteiger partial charge on any atom is -0.438 e. The van der Waals surface area contributed by atoms with Gasteiger partial charge >= 0.3 is 0 Å². The fourth-order valence-electron chi connectivity index (χ4n) is 1.51. The predicted molar refractivity (Wildman–Crippen MR) is 69.8 cm³/mol. The zero-order valence-electron chi connectivity index (χ0n) is 10.3. The molecule has 100 valence electrons. The molecule has 0 amide bonds. The summed E-state index contributed by atoms with van der Waals surface area (Å²) >= 11 is 0. The normalized spacial score (nSPS) is 11.3. The maximum atomic E-state index is 11.6. The minimum absolute atomic E-state index is 0.0428. The highest BCUT2D eigenvalue weighted by atomic mass is 32.2. The first-order chi connectivity index (χ1) is 9.00. The second-order valence-corrected chi connectivity index (χ2v) is 5.97. The molecule has 0 aliphatic carbocycles. The third-order valence-corrected chi connectivity index (χ3v) is 3.57. The molecule has 1 heterocycles. The van der Waals surface area contributed by atoms with Gasteiger partial charge in [0.25, 0.3) is 0 Å². The van der Waals surface area contributed by atoms with E-state index in [2.05, 4.69) is 4.98 Å². The standard InChI is InChI=1S/C13H13NO4S/c1-19(16,17)12-3-2-8-14-13(12)18-11-6-4-10(9-15)5-7-11/h2-8,15H,9H2,1H3. The minimum atomic E-state index is -3.39. The van der Waals surface area contributed by atoms with Crippen LogP contribution in [0.5, 0.6) is 11.6 Å². The van der Waals surface area contributed by atoms with Gasteiger partial charge in [0.2, 0.25) is 5.88 Å². The van der Waals surface area contributed by atoms with Gasteiger partial charge in [-0.25, -0.2) is 13.4 Å². The Morgan fingerprint density at radius 2 is 1.89 bits per heavy atom. The van der Waals surface area contributed by atoms with E-state index in [0.717, 1.165) is 11.8 Å². The fraction of sp³-hybridized carbons (Fsp3) is 0.154. The molecule has 1 aromatic carbocycles. The Labute approximate surface area is 111 Å². The van der Waals surface area contributed by atoms with E-state index in [1.54, 1.807) is 24.3 Å². The van der Waals surface area contributed by atoms with E-state index in [4.69, 9.17) is 9.84 Å². The highest BCUT2D eigenvalue weighted by molar-refractivity contribution is 7.90. The van der Waals surface area contributed by atoms with Crippen molar-refractivity contribution in [3.05, 3.63) is 48.2 Å². The average Bonchev–Trinajstić information content (AvgIpc) is 2.39. The van der Waals surface area contributed by atoms with Crippen molar-refractivity contribution in [3.63, 3.8) is 0 Å². The molecule has 0 aliphatic rings. The maximum absolute atomic E-state index is 11.6. The van der Waals surface area contributed by atoms with Gasteiger partial charge < -0.3 is 9.84 Å². The number of aliphatic hydroxyl groups is 1. The van der Waals surface area contributed by atoms with Gasteiger partial charge in [-0.3, -0.25) is 0 Å². The number of sulfone groups is 1. The number of benzene rings is 1. The Hall–Kier alpha value is -1.92. The Balaban J connectivity index is 2.33. The average molecular weight is 279 g/mol. The van der Waals surface area contributed by atoms with Gasteiger partial charge in [-0.05, 0) is 29.8 Å². The van der Waals surface area contributed by atoms with E-state index in [9.17, 15) is 8.42 Å².